The highest BCUT2D eigenvalue weighted by molar-refractivity contribution is 5.47. The van der Waals surface area contributed by atoms with E-state index in [0.29, 0.717) is 6.54 Å². The first kappa shape index (κ1) is 12.9. The third-order valence-corrected chi connectivity index (χ3v) is 2.54. The Balaban J connectivity index is 2.87. The van der Waals surface area contributed by atoms with Gasteiger partial charge in [0.2, 0.25) is 0 Å². The molecular formula is C12H21N3O. The first-order valence-corrected chi connectivity index (χ1v) is 5.68. The Bertz CT molecular complexity index is 328. The maximum absolute atomic E-state index is 8.98. The summed E-state index contributed by atoms with van der Waals surface area (Å²) >= 11 is 0. The van der Waals surface area contributed by atoms with Crippen LogP contribution >= 0.6 is 0 Å². The second-order valence-corrected chi connectivity index (χ2v) is 3.82. The van der Waals surface area contributed by atoms with Crippen LogP contribution in [0.4, 0.5) is 5.82 Å². The number of anilines is 1. The van der Waals surface area contributed by atoms with E-state index in [0.717, 1.165) is 24.5 Å². The summed E-state index contributed by atoms with van der Waals surface area (Å²) in [6, 6.07) is 2.14. The molecule has 0 atom stereocenters. The fourth-order valence-electron chi connectivity index (χ4n) is 1.79. The molecule has 0 aliphatic carbocycles. The number of pyridine rings is 1. The molecule has 0 bridgehead atoms. The Morgan fingerprint density at radius 3 is 2.75 bits per heavy atom. The highest BCUT2D eigenvalue weighted by Crippen LogP contribution is 2.17. The zero-order chi connectivity index (χ0) is 12.0. The smallest absolute Gasteiger partial charge is 0.131 e. The largest absolute Gasteiger partial charge is 0.395 e. The Labute approximate surface area is 97.3 Å². The summed E-state index contributed by atoms with van der Waals surface area (Å²) in [6.45, 7) is 6.61. The Morgan fingerprint density at radius 1 is 1.50 bits per heavy atom. The fourth-order valence-corrected chi connectivity index (χ4v) is 1.79. The van der Waals surface area contributed by atoms with Crippen molar-refractivity contribution in [1.82, 2.24) is 10.3 Å². The topological polar surface area (TPSA) is 48.4 Å². The van der Waals surface area contributed by atoms with E-state index in [9.17, 15) is 0 Å². The van der Waals surface area contributed by atoms with Crippen LogP contribution in [0.2, 0.25) is 0 Å². The van der Waals surface area contributed by atoms with Gasteiger partial charge in [0.05, 0.1) is 6.61 Å². The molecule has 2 N–H and O–H groups in total. The Kier molecular flexibility index (Phi) is 5.22. The van der Waals surface area contributed by atoms with Crippen LogP contribution in [0, 0.1) is 6.92 Å². The minimum absolute atomic E-state index is 0.160. The van der Waals surface area contributed by atoms with Crippen molar-refractivity contribution in [1.29, 1.82) is 0 Å². The lowest BCUT2D eigenvalue weighted by Gasteiger charge is -2.22. The first-order valence-electron chi connectivity index (χ1n) is 5.68. The zero-order valence-corrected chi connectivity index (χ0v) is 10.3. The van der Waals surface area contributed by atoms with Crippen LogP contribution in [0.15, 0.2) is 12.3 Å². The molecule has 1 aromatic rings. The van der Waals surface area contributed by atoms with Gasteiger partial charge in [-0.15, -0.1) is 0 Å². The maximum atomic E-state index is 8.98. The molecule has 0 unspecified atom stereocenters. The fraction of sp³-hybridized carbons (Fsp3) is 0.583. The van der Waals surface area contributed by atoms with Gasteiger partial charge in [-0.1, -0.05) is 0 Å². The van der Waals surface area contributed by atoms with Crippen molar-refractivity contribution in [3.63, 3.8) is 0 Å². The van der Waals surface area contributed by atoms with Crippen molar-refractivity contribution in [2.24, 2.45) is 0 Å². The van der Waals surface area contributed by atoms with E-state index in [1.165, 1.54) is 5.56 Å². The van der Waals surface area contributed by atoms with Crippen LogP contribution in [0.1, 0.15) is 18.1 Å². The molecule has 0 aromatic carbocycles. The summed E-state index contributed by atoms with van der Waals surface area (Å²) in [5, 5.41) is 12.1. The highest BCUT2D eigenvalue weighted by atomic mass is 16.3. The minimum atomic E-state index is 0.160. The summed E-state index contributed by atoms with van der Waals surface area (Å²) in [4.78, 5) is 6.54. The van der Waals surface area contributed by atoms with Crippen molar-refractivity contribution in [2.45, 2.75) is 20.4 Å². The van der Waals surface area contributed by atoms with Crippen molar-refractivity contribution in [3.8, 4) is 0 Å². The van der Waals surface area contributed by atoms with Crippen LogP contribution in [-0.2, 0) is 6.54 Å². The molecule has 1 rings (SSSR count). The number of aryl methyl sites for hydroxylation is 1. The van der Waals surface area contributed by atoms with Crippen LogP contribution in [0.25, 0.3) is 0 Å². The van der Waals surface area contributed by atoms with Gasteiger partial charge in [-0.3, -0.25) is 0 Å². The quantitative estimate of drug-likeness (QED) is 0.753. The van der Waals surface area contributed by atoms with E-state index in [4.69, 9.17) is 5.11 Å². The number of hydrogen-bond acceptors (Lipinski definition) is 4. The van der Waals surface area contributed by atoms with Crippen molar-refractivity contribution in [3.05, 3.63) is 23.4 Å². The summed E-state index contributed by atoms with van der Waals surface area (Å²) in [7, 11) is 1.92. The van der Waals surface area contributed by atoms with Crippen molar-refractivity contribution >= 4 is 5.82 Å². The van der Waals surface area contributed by atoms with Crippen LogP contribution in [0.5, 0.6) is 0 Å². The number of nitrogens with zero attached hydrogens (tertiary/aromatic N) is 2. The van der Waals surface area contributed by atoms with E-state index in [2.05, 4.69) is 35.1 Å². The average molecular weight is 223 g/mol. The normalized spacial score (nSPS) is 10.5. The van der Waals surface area contributed by atoms with E-state index in [-0.39, 0.29) is 6.61 Å². The minimum Gasteiger partial charge on any atom is -0.395 e. The molecule has 0 aliphatic heterocycles. The Hall–Kier alpha value is -1.13. The lowest BCUT2D eigenvalue weighted by Crippen LogP contribution is -2.27. The number of likely N-dealkylation sites (N-methyl/N-ethyl adjacent to an activating group) is 1. The summed E-state index contributed by atoms with van der Waals surface area (Å²) < 4.78 is 0. The molecule has 0 spiro atoms. The molecule has 0 radical (unpaired) electrons. The molecule has 0 amide bonds. The molecule has 90 valence electrons. The number of nitrogens with one attached hydrogen (secondary N) is 1. The molecule has 4 heteroatoms. The zero-order valence-electron chi connectivity index (χ0n) is 10.3. The molecule has 16 heavy (non-hydrogen) atoms. The third kappa shape index (κ3) is 3.18. The van der Waals surface area contributed by atoms with Gasteiger partial charge >= 0.3 is 0 Å². The van der Waals surface area contributed by atoms with Gasteiger partial charge in [-0.25, -0.2) is 4.98 Å². The molecule has 0 saturated heterocycles. The molecule has 0 saturated carbocycles. The molecule has 0 fully saturated rings. The Morgan fingerprint density at radius 2 is 2.25 bits per heavy atom. The number of aliphatic hydroxyl groups is 1. The number of aromatic nitrogens is 1. The van der Waals surface area contributed by atoms with Gasteiger partial charge in [-0.2, -0.15) is 0 Å². The SMILES string of the molecule is CCN(CCO)c1ncc(CNC)cc1C. The second-order valence-electron chi connectivity index (χ2n) is 3.82. The number of aliphatic hydroxyl groups excluding tert-OH is 1. The number of rotatable bonds is 6. The summed E-state index contributed by atoms with van der Waals surface area (Å²) in [5.74, 6) is 0.969. The van der Waals surface area contributed by atoms with Gasteiger partial charge in [0.25, 0.3) is 0 Å². The van der Waals surface area contributed by atoms with Gasteiger partial charge in [0.15, 0.2) is 0 Å². The van der Waals surface area contributed by atoms with Crippen LogP contribution < -0.4 is 10.2 Å². The molecule has 4 nitrogen and oxygen atoms in total. The van der Waals surface area contributed by atoms with E-state index >= 15 is 0 Å². The van der Waals surface area contributed by atoms with Crippen molar-refractivity contribution < 1.29 is 5.11 Å². The van der Waals surface area contributed by atoms with Crippen LogP contribution in [0.3, 0.4) is 0 Å². The van der Waals surface area contributed by atoms with Crippen LogP contribution in [-0.4, -0.2) is 36.8 Å². The summed E-state index contributed by atoms with van der Waals surface area (Å²) in [5.41, 5.74) is 2.34. The third-order valence-electron chi connectivity index (χ3n) is 2.54. The predicted octanol–water partition coefficient (Wildman–Crippen LogP) is 0.928. The van der Waals surface area contributed by atoms with Gasteiger partial charge in [-0.05, 0) is 38.1 Å². The standard InChI is InChI=1S/C12H21N3O/c1-4-15(5-6-16)12-10(2)7-11(8-13-3)9-14-12/h7,9,13,16H,4-6,8H2,1-3H3. The van der Waals surface area contributed by atoms with Crippen molar-refractivity contribution in [2.75, 3.05) is 31.6 Å². The predicted molar refractivity (Wildman–Crippen MR) is 66.7 cm³/mol. The van der Waals surface area contributed by atoms with Gasteiger partial charge < -0.3 is 15.3 Å². The van der Waals surface area contributed by atoms with Gasteiger partial charge in [0, 0.05) is 25.8 Å². The lowest BCUT2D eigenvalue weighted by molar-refractivity contribution is 0.302. The molecule has 1 heterocycles. The first-order chi connectivity index (χ1) is 7.72. The monoisotopic (exact) mass is 223 g/mol. The highest BCUT2D eigenvalue weighted by Gasteiger charge is 2.08. The lowest BCUT2D eigenvalue weighted by atomic mass is 10.2. The molecule has 0 aliphatic rings. The molecular weight excluding hydrogens is 202 g/mol. The van der Waals surface area contributed by atoms with E-state index < -0.39 is 0 Å². The number of hydrogen-bond donors (Lipinski definition) is 2. The molecule has 1 aromatic heterocycles. The van der Waals surface area contributed by atoms with E-state index in [1.807, 2.05) is 13.2 Å². The van der Waals surface area contributed by atoms with E-state index in [1.54, 1.807) is 0 Å². The maximum Gasteiger partial charge on any atom is 0.131 e. The second kappa shape index (κ2) is 6.45. The van der Waals surface area contributed by atoms with Gasteiger partial charge in [0.1, 0.15) is 5.82 Å². The average Bonchev–Trinajstić information content (AvgIpc) is 2.27. The summed E-state index contributed by atoms with van der Waals surface area (Å²) in [6.07, 6.45) is 1.89.